The molecule has 6 heteroatoms. The number of piperidine rings is 1. The summed E-state index contributed by atoms with van der Waals surface area (Å²) in [5.41, 5.74) is 0.119. The zero-order chi connectivity index (χ0) is 14.7. The van der Waals surface area contributed by atoms with Crippen LogP contribution in [-0.2, 0) is 16.0 Å². The third-order valence-corrected chi connectivity index (χ3v) is 3.48. The van der Waals surface area contributed by atoms with Crippen LogP contribution in [0.5, 0.6) is 0 Å². The Morgan fingerprint density at radius 1 is 1.35 bits per heavy atom. The molecule has 0 radical (unpaired) electrons. The smallest absolute Gasteiger partial charge is 0.308 e. The Kier molecular flexibility index (Phi) is 4.32. The van der Waals surface area contributed by atoms with Gasteiger partial charge in [-0.15, -0.1) is 0 Å². The fourth-order valence-electron chi connectivity index (χ4n) is 2.35. The molecule has 1 atom stereocenters. The van der Waals surface area contributed by atoms with Gasteiger partial charge in [0.25, 0.3) is 0 Å². The molecule has 1 aliphatic heterocycles. The molecule has 0 saturated carbocycles. The maximum absolute atomic E-state index is 13.5. The number of rotatable bonds is 3. The largest absolute Gasteiger partial charge is 0.481 e. The molecule has 1 N–H and O–H groups in total. The predicted octanol–water partition coefficient (Wildman–Crippen LogP) is 1.83. The molecule has 4 nitrogen and oxygen atoms in total. The van der Waals surface area contributed by atoms with Crippen molar-refractivity contribution in [3.8, 4) is 0 Å². The number of hydrogen-bond donors (Lipinski definition) is 1. The number of hydrogen-bond acceptors (Lipinski definition) is 2. The first kappa shape index (κ1) is 14.4. The van der Waals surface area contributed by atoms with Gasteiger partial charge in [-0.05, 0) is 24.5 Å². The lowest BCUT2D eigenvalue weighted by molar-refractivity contribution is -0.145. The van der Waals surface area contributed by atoms with Gasteiger partial charge in [0.2, 0.25) is 5.91 Å². The molecule has 2 rings (SSSR count). The number of likely N-dealkylation sites (tertiary alicyclic amines) is 1. The highest BCUT2D eigenvalue weighted by atomic mass is 19.1. The van der Waals surface area contributed by atoms with E-state index in [4.69, 9.17) is 5.11 Å². The van der Waals surface area contributed by atoms with Gasteiger partial charge in [0.05, 0.1) is 12.3 Å². The van der Waals surface area contributed by atoms with Crippen molar-refractivity contribution in [2.75, 3.05) is 13.1 Å². The molecule has 1 saturated heterocycles. The lowest BCUT2D eigenvalue weighted by atomic mass is 9.97. The molecule has 0 unspecified atom stereocenters. The predicted molar refractivity (Wildman–Crippen MR) is 67.0 cm³/mol. The number of amides is 1. The second-order valence-electron chi connectivity index (χ2n) is 4.93. The number of carboxylic acid groups (broad SMARTS) is 1. The molecule has 1 fully saturated rings. The van der Waals surface area contributed by atoms with E-state index in [9.17, 15) is 18.4 Å². The molecule has 1 aromatic rings. The van der Waals surface area contributed by atoms with Crippen molar-refractivity contribution in [1.29, 1.82) is 0 Å². The molecule has 20 heavy (non-hydrogen) atoms. The van der Waals surface area contributed by atoms with Crippen LogP contribution in [0.15, 0.2) is 18.2 Å². The van der Waals surface area contributed by atoms with Crippen LogP contribution >= 0.6 is 0 Å². The van der Waals surface area contributed by atoms with Gasteiger partial charge in [-0.3, -0.25) is 9.59 Å². The van der Waals surface area contributed by atoms with Crippen molar-refractivity contribution in [2.45, 2.75) is 19.3 Å². The Bertz CT molecular complexity index is 533. The Labute approximate surface area is 115 Å². The number of carbonyl (C=O) groups is 2. The van der Waals surface area contributed by atoms with Gasteiger partial charge in [0.1, 0.15) is 11.6 Å². The summed E-state index contributed by atoms with van der Waals surface area (Å²) < 4.78 is 26.3. The molecule has 0 aliphatic carbocycles. The van der Waals surface area contributed by atoms with E-state index in [-0.39, 0.29) is 24.4 Å². The van der Waals surface area contributed by atoms with Crippen LogP contribution in [0.4, 0.5) is 8.78 Å². The Balaban J connectivity index is 2.02. The zero-order valence-corrected chi connectivity index (χ0v) is 10.8. The van der Waals surface area contributed by atoms with Crippen LogP contribution < -0.4 is 0 Å². The highest BCUT2D eigenvalue weighted by Crippen LogP contribution is 2.18. The maximum Gasteiger partial charge on any atom is 0.308 e. The molecular formula is C14H15F2NO3. The fourth-order valence-corrected chi connectivity index (χ4v) is 2.35. The lowest BCUT2D eigenvalue weighted by Crippen LogP contribution is -2.43. The first-order valence-electron chi connectivity index (χ1n) is 6.42. The van der Waals surface area contributed by atoms with Gasteiger partial charge < -0.3 is 10.0 Å². The summed E-state index contributed by atoms with van der Waals surface area (Å²) in [6.45, 7) is 0.627. The second-order valence-corrected chi connectivity index (χ2v) is 4.93. The second kappa shape index (κ2) is 5.98. The van der Waals surface area contributed by atoms with E-state index in [0.717, 1.165) is 12.1 Å². The number of carboxylic acids is 1. The minimum Gasteiger partial charge on any atom is -0.481 e. The van der Waals surface area contributed by atoms with E-state index in [1.807, 2.05) is 0 Å². The summed E-state index contributed by atoms with van der Waals surface area (Å²) in [6.07, 6.45) is 0.983. The Morgan fingerprint density at radius 2 is 2.10 bits per heavy atom. The molecule has 1 amide bonds. The molecule has 1 aliphatic rings. The SMILES string of the molecule is O=C(O)[C@H]1CCCN(C(=O)Cc2ccc(F)cc2F)C1. The summed E-state index contributed by atoms with van der Waals surface area (Å²) in [4.78, 5) is 24.4. The Hall–Kier alpha value is -1.98. The first-order chi connectivity index (χ1) is 9.47. The van der Waals surface area contributed by atoms with E-state index < -0.39 is 23.5 Å². The number of nitrogens with zero attached hydrogens (tertiary/aromatic N) is 1. The van der Waals surface area contributed by atoms with E-state index in [0.29, 0.717) is 19.4 Å². The summed E-state index contributed by atoms with van der Waals surface area (Å²) in [7, 11) is 0. The monoisotopic (exact) mass is 283 g/mol. The third-order valence-electron chi connectivity index (χ3n) is 3.48. The van der Waals surface area contributed by atoms with Crippen LogP contribution in [0.25, 0.3) is 0 Å². The number of halogens is 2. The molecular weight excluding hydrogens is 268 g/mol. The van der Waals surface area contributed by atoms with Gasteiger partial charge in [-0.25, -0.2) is 8.78 Å². The van der Waals surface area contributed by atoms with Gasteiger partial charge in [-0.1, -0.05) is 6.07 Å². The van der Waals surface area contributed by atoms with Crippen molar-refractivity contribution >= 4 is 11.9 Å². The molecule has 1 aromatic carbocycles. The number of benzene rings is 1. The zero-order valence-electron chi connectivity index (χ0n) is 10.8. The van der Waals surface area contributed by atoms with Crippen LogP contribution in [-0.4, -0.2) is 35.0 Å². The standard InChI is InChI=1S/C14H15F2NO3/c15-11-4-3-9(12(16)7-11)6-13(18)17-5-1-2-10(8-17)14(19)20/h3-4,7,10H,1-2,5-6,8H2,(H,19,20)/t10-/m0/s1. The van der Waals surface area contributed by atoms with E-state index in [1.165, 1.54) is 11.0 Å². The van der Waals surface area contributed by atoms with Crippen molar-refractivity contribution in [2.24, 2.45) is 5.92 Å². The highest BCUT2D eigenvalue weighted by Gasteiger charge is 2.28. The average Bonchev–Trinajstić information content (AvgIpc) is 2.42. The maximum atomic E-state index is 13.5. The highest BCUT2D eigenvalue weighted by molar-refractivity contribution is 5.80. The summed E-state index contributed by atoms with van der Waals surface area (Å²) in [5.74, 6) is -3.27. The van der Waals surface area contributed by atoms with Crippen LogP contribution in [0.2, 0.25) is 0 Å². The van der Waals surface area contributed by atoms with E-state index in [1.54, 1.807) is 0 Å². The summed E-state index contributed by atoms with van der Waals surface area (Å²) in [5, 5.41) is 8.96. The van der Waals surface area contributed by atoms with Crippen molar-refractivity contribution in [3.05, 3.63) is 35.4 Å². The average molecular weight is 283 g/mol. The van der Waals surface area contributed by atoms with Crippen LogP contribution in [0.1, 0.15) is 18.4 Å². The summed E-state index contributed by atoms with van der Waals surface area (Å²) >= 11 is 0. The lowest BCUT2D eigenvalue weighted by Gasteiger charge is -2.30. The quantitative estimate of drug-likeness (QED) is 0.920. The van der Waals surface area contributed by atoms with E-state index in [2.05, 4.69) is 0 Å². The van der Waals surface area contributed by atoms with Gasteiger partial charge in [0, 0.05) is 19.2 Å². The topological polar surface area (TPSA) is 57.6 Å². The van der Waals surface area contributed by atoms with Crippen LogP contribution in [0, 0.1) is 17.6 Å². The van der Waals surface area contributed by atoms with E-state index >= 15 is 0 Å². The van der Waals surface area contributed by atoms with Crippen LogP contribution in [0.3, 0.4) is 0 Å². The van der Waals surface area contributed by atoms with Gasteiger partial charge in [0.15, 0.2) is 0 Å². The number of aliphatic carboxylic acids is 1. The first-order valence-corrected chi connectivity index (χ1v) is 6.42. The molecule has 0 bridgehead atoms. The van der Waals surface area contributed by atoms with Crippen molar-refractivity contribution in [3.63, 3.8) is 0 Å². The molecule has 1 heterocycles. The van der Waals surface area contributed by atoms with Gasteiger partial charge >= 0.3 is 5.97 Å². The fraction of sp³-hybridized carbons (Fsp3) is 0.429. The minimum atomic E-state index is -0.921. The van der Waals surface area contributed by atoms with Crippen molar-refractivity contribution < 1.29 is 23.5 Å². The summed E-state index contributed by atoms with van der Waals surface area (Å²) in [6, 6.07) is 3.07. The number of carbonyl (C=O) groups excluding carboxylic acids is 1. The molecule has 0 spiro atoms. The third kappa shape index (κ3) is 3.31. The normalized spacial score (nSPS) is 18.9. The molecule has 108 valence electrons. The van der Waals surface area contributed by atoms with Crippen molar-refractivity contribution in [1.82, 2.24) is 4.90 Å². The molecule has 0 aromatic heterocycles. The minimum absolute atomic E-state index is 0.119. The Morgan fingerprint density at radius 3 is 2.75 bits per heavy atom. The van der Waals surface area contributed by atoms with Gasteiger partial charge in [-0.2, -0.15) is 0 Å².